The third kappa shape index (κ3) is 3.06. The summed E-state index contributed by atoms with van der Waals surface area (Å²) in [7, 11) is 0. The summed E-state index contributed by atoms with van der Waals surface area (Å²) in [5.74, 6) is -3.89. The van der Waals surface area contributed by atoms with Crippen molar-refractivity contribution in [2.24, 2.45) is 0 Å². The first-order valence-corrected chi connectivity index (χ1v) is 9.06. The second-order valence-electron chi connectivity index (χ2n) is 6.82. The lowest BCUT2D eigenvalue weighted by Gasteiger charge is -2.29. The van der Waals surface area contributed by atoms with Crippen LogP contribution in [0.4, 0.5) is 18.9 Å². The maximum absolute atomic E-state index is 13.7. The maximum atomic E-state index is 13.7. The first-order chi connectivity index (χ1) is 13.5. The van der Waals surface area contributed by atoms with E-state index in [2.05, 4.69) is 0 Å². The van der Waals surface area contributed by atoms with Gasteiger partial charge in [0.15, 0.2) is 11.6 Å². The van der Waals surface area contributed by atoms with E-state index in [-0.39, 0.29) is 17.0 Å². The number of likely N-dealkylation sites (tertiary alicyclic amines) is 1. The minimum absolute atomic E-state index is 0.0412. The Labute approximate surface area is 159 Å². The van der Waals surface area contributed by atoms with Gasteiger partial charge in [-0.25, -0.2) is 18.1 Å². The van der Waals surface area contributed by atoms with Crippen LogP contribution in [0.1, 0.15) is 24.8 Å². The highest BCUT2D eigenvalue weighted by molar-refractivity contribution is 6.45. The van der Waals surface area contributed by atoms with Crippen LogP contribution in [0, 0.1) is 17.5 Å². The van der Waals surface area contributed by atoms with Gasteiger partial charge in [-0.05, 0) is 49.1 Å². The topological polar surface area (TPSA) is 40.6 Å². The van der Waals surface area contributed by atoms with Gasteiger partial charge in [-0.2, -0.15) is 0 Å². The molecule has 2 aliphatic rings. The number of rotatable bonds is 3. The van der Waals surface area contributed by atoms with Gasteiger partial charge in [-0.3, -0.25) is 9.59 Å². The fraction of sp³-hybridized carbons (Fsp3) is 0.238. The van der Waals surface area contributed by atoms with Gasteiger partial charge >= 0.3 is 0 Å². The smallest absolute Gasteiger partial charge is 0.282 e. The molecular weight excluding hydrogens is 369 g/mol. The molecule has 7 heteroatoms. The monoisotopic (exact) mass is 386 g/mol. The molecule has 2 heterocycles. The Balaban J connectivity index is 1.82. The fourth-order valence-electron chi connectivity index (χ4n) is 3.66. The maximum Gasteiger partial charge on any atom is 0.282 e. The molecule has 4 nitrogen and oxygen atoms in total. The second-order valence-corrected chi connectivity index (χ2v) is 6.82. The van der Waals surface area contributed by atoms with E-state index in [9.17, 15) is 22.8 Å². The Bertz CT molecular complexity index is 980. The van der Waals surface area contributed by atoms with Crippen molar-refractivity contribution in [2.75, 3.05) is 18.0 Å². The zero-order chi connectivity index (χ0) is 19.8. The molecule has 0 aromatic heterocycles. The van der Waals surface area contributed by atoms with E-state index in [4.69, 9.17) is 0 Å². The standard InChI is InChI=1S/C21H17F3N2O2/c22-14-6-4-13(5-7-14)18-19(25-10-2-1-3-11-25)21(28)26(20(18)27)15-8-9-16(23)17(24)12-15/h4-9,12H,1-3,10-11H2. The van der Waals surface area contributed by atoms with Crippen molar-refractivity contribution < 1.29 is 22.8 Å². The lowest BCUT2D eigenvalue weighted by molar-refractivity contribution is -0.120. The summed E-state index contributed by atoms with van der Waals surface area (Å²) in [6.45, 7) is 1.23. The summed E-state index contributed by atoms with van der Waals surface area (Å²) >= 11 is 0. The minimum Gasteiger partial charge on any atom is -0.366 e. The number of hydrogen-bond acceptors (Lipinski definition) is 3. The molecule has 1 fully saturated rings. The van der Waals surface area contributed by atoms with Gasteiger partial charge in [0.05, 0.1) is 11.3 Å². The van der Waals surface area contributed by atoms with Crippen molar-refractivity contribution >= 4 is 23.1 Å². The normalized spacial score (nSPS) is 17.7. The number of nitrogens with zero attached hydrogens (tertiary/aromatic N) is 2. The Morgan fingerprint density at radius 2 is 1.43 bits per heavy atom. The highest BCUT2D eigenvalue weighted by atomic mass is 19.2. The van der Waals surface area contributed by atoms with Crippen LogP contribution in [0.15, 0.2) is 48.2 Å². The van der Waals surface area contributed by atoms with Gasteiger partial charge in [0.25, 0.3) is 11.8 Å². The summed E-state index contributed by atoms with van der Waals surface area (Å²) in [5, 5.41) is 0. The summed E-state index contributed by atoms with van der Waals surface area (Å²) in [5.41, 5.74) is 0.739. The molecule has 144 valence electrons. The molecule has 28 heavy (non-hydrogen) atoms. The van der Waals surface area contributed by atoms with E-state index in [0.29, 0.717) is 18.7 Å². The van der Waals surface area contributed by atoms with Crippen molar-refractivity contribution in [2.45, 2.75) is 19.3 Å². The van der Waals surface area contributed by atoms with Gasteiger partial charge in [0.1, 0.15) is 11.5 Å². The Morgan fingerprint density at radius 3 is 2.07 bits per heavy atom. The first kappa shape index (κ1) is 18.3. The van der Waals surface area contributed by atoms with E-state index >= 15 is 0 Å². The van der Waals surface area contributed by atoms with Crippen molar-refractivity contribution in [3.8, 4) is 0 Å². The van der Waals surface area contributed by atoms with E-state index in [1.807, 2.05) is 4.90 Å². The van der Waals surface area contributed by atoms with Gasteiger partial charge in [-0.15, -0.1) is 0 Å². The van der Waals surface area contributed by atoms with Gasteiger partial charge in [0, 0.05) is 19.2 Å². The molecule has 0 N–H and O–H groups in total. The zero-order valence-corrected chi connectivity index (χ0v) is 14.9. The van der Waals surface area contributed by atoms with Crippen LogP contribution >= 0.6 is 0 Å². The van der Waals surface area contributed by atoms with Gasteiger partial charge in [0.2, 0.25) is 0 Å². The quantitative estimate of drug-likeness (QED) is 0.752. The van der Waals surface area contributed by atoms with Crippen molar-refractivity contribution in [1.29, 1.82) is 0 Å². The van der Waals surface area contributed by atoms with E-state index in [1.165, 1.54) is 30.3 Å². The molecule has 2 amide bonds. The van der Waals surface area contributed by atoms with Crippen LogP contribution in [-0.2, 0) is 9.59 Å². The number of imide groups is 1. The Hall–Kier alpha value is -3.09. The molecule has 0 atom stereocenters. The third-order valence-electron chi connectivity index (χ3n) is 5.03. The average Bonchev–Trinajstić information content (AvgIpc) is 2.96. The molecule has 2 aromatic carbocycles. The van der Waals surface area contributed by atoms with Crippen LogP contribution in [-0.4, -0.2) is 29.8 Å². The molecule has 0 bridgehead atoms. The molecule has 0 saturated carbocycles. The number of piperidine rings is 1. The number of amides is 2. The zero-order valence-electron chi connectivity index (χ0n) is 14.9. The molecule has 0 spiro atoms. The summed E-state index contributed by atoms with van der Waals surface area (Å²) in [6, 6.07) is 8.20. The summed E-state index contributed by atoms with van der Waals surface area (Å²) in [4.78, 5) is 29.0. The Morgan fingerprint density at radius 1 is 0.750 bits per heavy atom. The SMILES string of the molecule is O=C1C(c2ccc(F)cc2)=C(N2CCCCC2)C(=O)N1c1ccc(F)c(F)c1. The van der Waals surface area contributed by atoms with E-state index in [1.54, 1.807) is 0 Å². The van der Waals surface area contributed by atoms with Crippen LogP contribution in [0.2, 0.25) is 0 Å². The van der Waals surface area contributed by atoms with E-state index in [0.717, 1.165) is 36.3 Å². The number of carbonyl (C=O) groups is 2. The fourth-order valence-corrected chi connectivity index (χ4v) is 3.66. The van der Waals surface area contributed by atoms with Crippen molar-refractivity contribution in [3.63, 3.8) is 0 Å². The molecule has 0 radical (unpaired) electrons. The van der Waals surface area contributed by atoms with Gasteiger partial charge in [-0.1, -0.05) is 12.1 Å². The van der Waals surface area contributed by atoms with Crippen molar-refractivity contribution in [3.05, 3.63) is 71.2 Å². The lowest BCUT2D eigenvalue weighted by Crippen LogP contribution is -2.37. The lowest BCUT2D eigenvalue weighted by atomic mass is 10.0. The molecule has 1 saturated heterocycles. The second kappa shape index (κ2) is 7.14. The Kier molecular flexibility index (Phi) is 4.66. The molecule has 2 aromatic rings. The molecule has 0 aliphatic carbocycles. The van der Waals surface area contributed by atoms with Crippen LogP contribution in [0.25, 0.3) is 5.57 Å². The van der Waals surface area contributed by atoms with Crippen molar-refractivity contribution in [1.82, 2.24) is 4.90 Å². The predicted octanol–water partition coefficient (Wildman–Crippen LogP) is 3.87. The summed E-state index contributed by atoms with van der Waals surface area (Å²) in [6.07, 6.45) is 2.80. The number of halogens is 3. The highest BCUT2D eigenvalue weighted by Crippen LogP contribution is 2.36. The van der Waals surface area contributed by atoms with E-state index < -0.39 is 29.3 Å². The van der Waals surface area contributed by atoms with Crippen LogP contribution in [0.5, 0.6) is 0 Å². The molecular formula is C21H17F3N2O2. The predicted molar refractivity (Wildman–Crippen MR) is 97.6 cm³/mol. The number of carbonyl (C=O) groups excluding carboxylic acids is 2. The van der Waals surface area contributed by atoms with Crippen LogP contribution in [0.3, 0.4) is 0 Å². The minimum atomic E-state index is -1.15. The number of hydrogen-bond donors (Lipinski definition) is 0. The van der Waals surface area contributed by atoms with Gasteiger partial charge < -0.3 is 4.90 Å². The number of benzene rings is 2. The molecule has 2 aliphatic heterocycles. The number of anilines is 1. The average molecular weight is 386 g/mol. The molecule has 4 rings (SSSR count). The first-order valence-electron chi connectivity index (χ1n) is 9.06. The summed E-state index contributed by atoms with van der Waals surface area (Å²) < 4.78 is 40.4. The van der Waals surface area contributed by atoms with Crippen LogP contribution < -0.4 is 4.90 Å². The third-order valence-corrected chi connectivity index (χ3v) is 5.03. The largest absolute Gasteiger partial charge is 0.366 e. The highest BCUT2D eigenvalue weighted by Gasteiger charge is 2.42. The molecule has 0 unspecified atom stereocenters.